The normalized spacial score (nSPS) is 13.5. The predicted octanol–water partition coefficient (Wildman–Crippen LogP) is 5.53. The second kappa shape index (κ2) is 11.0. The number of para-hydroxylation sites is 2. The Morgan fingerprint density at radius 1 is 0.895 bits per heavy atom. The van der Waals surface area contributed by atoms with E-state index in [0.29, 0.717) is 25.4 Å². The van der Waals surface area contributed by atoms with Gasteiger partial charge < -0.3 is 19.3 Å². The summed E-state index contributed by atoms with van der Waals surface area (Å²) in [5.74, 6) is 1.61. The minimum atomic E-state index is -0.0237. The van der Waals surface area contributed by atoms with E-state index in [-0.39, 0.29) is 5.91 Å². The van der Waals surface area contributed by atoms with Crippen LogP contribution in [-0.4, -0.2) is 60.5 Å². The van der Waals surface area contributed by atoms with E-state index in [2.05, 4.69) is 36.9 Å². The Kier molecular flexibility index (Phi) is 7.36. The standard InChI is InChI=1S/C31H34N4O3/c1-5-38-30-12-7-6-11-28(30)33-15-17-34(18-16-33)31(36)29-21-26(24-9-8-10-25(20-24)37-4)32-35(29)27-14-13-22(2)19-23(27)3/h6-14,19-21H,5,15-18H2,1-4H3. The van der Waals surface area contributed by atoms with E-state index < -0.39 is 0 Å². The molecule has 0 saturated carbocycles. The minimum Gasteiger partial charge on any atom is -0.497 e. The summed E-state index contributed by atoms with van der Waals surface area (Å²) >= 11 is 0. The highest BCUT2D eigenvalue weighted by Crippen LogP contribution is 2.30. The van der Waals surface area contributed by atoms with Crippen molar-refractivity contribution in [3.63, 3.8) is 0 Å². The van der Waals surface area contributed by atoms with Crippen LogP contribution in [0.3, 0.4) is 0 Å². The zero-order valence-electron chi connectivity index (χ0n) is 22.5. The molecule has 0 N–H and O–H groups in total. The molecule has 4 aromatic rings. The highest BCUT2D eigenvalue weighted by molar-refractivity contribution is 5.94. The van der Waals surface area contributed by atoms with Crippen LogP contribution < -0.4 is 14.4 Å². The lowest BCUT2D eigenvalue weighted by atomic mass is 10.1. The molecule has 0 radical (unpaired) electrons. The maximum atomic E-state index is 13.9. The molecule has 0 unspecified atom stereocenters. The number of methoxy groups -OCH3 is 1. The Hall–Kier alpha value is -4.26. The maximum Gasteiger partial charge on any atom is 0.272 e. The molecular formula is C31H34N4O3. The number of nitrogens with zero attached hydrogens (tertiary/aromatic N) is 4. The maximum absolute atomic E-state index is 13.9. The highest BCUT2D eigenvalue weighted by Gasteiger charge is 2.27. The van der Waals surface area contributed by atoms with Crippen LogP contribution in [0.25, 0.3) is 16.9 Å². The summed E-state index contributed by atoms with van der Waals surface area (Å²) in [5, 5.41) is 4.91. The first-order chi connectivity index (χ1) is 18.5. The molecule has 5 rings (SSSR count). The van der Waals surface area contributed by atoms with E-state index in [0.717, 1.165) is 52.8 Å². The number of rotatable bonds is 7. The molecule has 196 valence electrons. The van der Waals surface area contributed by atoms with E-state index in [1.807, 2.05) is 66.4 Å². The lowest BCUT2D eigenvalue weighted by Crippen LogP contribution is -2.49. The summed E-state index contributed by atoms with van der Waals surface area (Å²) in [7, 11) is 1.65. The molecule has 1 aliphatic rings. The second-order valence-corrected chi connectivity index (χ2v) is 9.53. The van der Waals surface area contributed by atoms with Crippen LogP contribution in [0, 0.1) is 13.8 Å². The van der Waals surface area contributed by atoms with Crippen molar-refractivity contribution >= 4 is 11.6 Å². The smallest absolute Gasteiger partial charge is 0.272 e. The molecule has 1 aromatic heterocycles. The number of carbonyl (C=O) groups excluding carboxylic acids is 1. The summed E-state index contributed by atoms with van der Waals surface area (Å²) in [4.78, 5) is 18.2. The van der Waals surface area contributed by atoms with E-state index in [1.165, 1.54) is 5.56 Å². The molecule has 1 aliphatic heterocycles. The van der Waals surface area contributed by atoms with Gasteiger partial charge in [-0.2, -0.15) is 5.10 Å². The molecule has 1 fully saturated rings. The average molecular weight is 511 g/mol. The summed E-state index contributed by atoms with van der Waals surface area (Å²) in [6.45, 7) is 9.43. The number of carbonyl (C=O) groups is 1. The highest BCUT2D eigenvalue weighted by atomic mass is 16.5. The van der Waals surface area contributed by atoms with Gasteiger partial charge in [0.2, 0.25) is 0 Å². The van der Waals surface area contributed by atoms with E-state index in [9.17, 15) is 4.79 Å². The number of piperazine rings is 1. The van der Waals surface area contributed by atoms with Gasteiger partial charge in [-0.05, 0) is 62.7 Å². The number of anilines is 1. The largest absolute Gasteiger partial charge is 0.497 e. The van der Waals surface area contributed by atoms with Gasteiger partial charge in [-0.25, -0.2) is 4.68 Å². The van der Waals surface area contributed by atoms with E-state index in [4.69, 9.17) is 14.6 Å². The summed E-state index contributed by atoms with van der Waals surface area (Å²) < 4.78 is 13.1. The van der Waals surface area contributed by atoms with Gasteiger partial charge >= 0.3 is 0 Å². The van der Waals surface area contributed by atoms with E-state index >= 15 is 0 Å². The number of benzene rings is 3. The Morgan fingerprint density at radius 3 is 2.42 bits per heavy atom. The minimum absolute atomic E-state index is 0.0237. The Labute approximate surface area is 224 Å². The molecule has 1 amide bonds. The molecular weight excluding hydrogens is 476 g/mol. The van der Waals surface area contributed by atoms with Crippen LogP contribution in [-0.2, 0) is 0 Å². The molecule has 0 spiro atoms. The summed E-state index contributed by atoms with van der Waals surface area (Å²) in [6, 6.07) is 24.0. The molecule has 0 aliphatic carbocycles. The van der Waals surface area contributed by atoms with E-state index in [1.54, 1.807) is 11.8 Å². The lowest BCUT2D eigenvalue weighted by Gasteiger charge is -2.36. The first-order valence-electron chi connectivity index (χ1n) is 13.1. The number of hydrogen-bond acceptors (Lipinski definition) is 5. The first kappa shape index (κ1) is 25.4. The number of amides is 1. The van der Waals surface area contributed by atoms with Gasteiger partial charge in [0.05, 0.1) is 30.8 Å². The van der Waals surface area contributed by atoms with Crippen LogP contribution in [0.4, 0.5) is 5.69 Å². The number of hydrogen-bond donors (Lipinski definition) is 0. The van der Waals surface area contributed by atoms with Crippen molar-refractivity contribution in [3.05, 3.63) is 89.6 Å². The lowest BCUT2D eigenvalue weighted by molar-refractivity contribution is 0.0737. The molecule has 7 heteroatoms. The summed E-state index contributed by atoms with van der Waals surface area (Å²) in [5.41, 5.74) is 6.40. The molecule has 38 heavy (non-hydrogen) atoms. The van der Waals surface area contributed by atoms with Crippen molar-refractivity contribution in [1.29, 1.82) is 0 Å². The third-order valence-electron chi connectivity index (χ3n) is 6.95. The van der Waals surface area contributed by atoms with Gasteiger partial charge in [0.25, 0.3) is 5.91 Å². The van der Waals surface area contributed by atoms with Crippen molar-refractivity contribution in [2.75, 3.05) is 44.8 Å². The van der Waals surface area contributed by atoms with Crippen LogP contribution >= 0.6 is 0 Å². The molecule has 1 saturated heterocycles. The Morgan fingerprint density at radius 2 is 1.68 bits per heavy atom. The number of aromatic nitrogens is 2. The number of ether oxygens (including phenoxy) is 2. The topological polar surface area (TPSA) is 59.8 Å². The quantitative estimate of drug-likeness (QED) is 0.327. The summed E-state index contributed by atoms with van der Waals surface area (Å²) in [6.07, 6.45) is 0. The monoisotopic (exact) mass is 510 g/mol. The second-order valence-electron chi connectivity index (χ2n) is 9.53. The van der Waals surface area contributed by atoms with Gasteiger partial charge in [0.15, 0.2) is 0 Å². The predicted molar refractivity (Wildman–Crippen MR) is 151 cm³/mol. The van der Waals surface area contributed by atoms with Gasteiger partial charge in [0, 0.05) is 31.7 Å². The van der Waals surface area contributed by atoms with Crippen LogP contribution in [0.15, 0.2) is 72.8 Å². The molecule has 3 aromatic carbocycles. The van der Waals surface area contributed by atoms with Crippen molar-refractivity contribution in [1.82, 2.24) is 14.7 Å². The fraction of sp³-hybridized carbons (Fsp3) is 0.290. The van der Waals surface area contributed by atoms with Gasteiger partial charge in [-0.1, -0.05) is 42.0 Å². The van der Waals surface area contributed by atoms with Gasteiger partial charge in [-0.15, -0.1) is 0 Å². The van der Waals surface area contributed by atoms with Crippen LogP contribution in [0.1, 0.15) is 28.5 Å². The van der Waals surface area contributed by atoms with Crippen molar-refractivity contribution < 1.29 is 14.3 Å². The molecule has 2 heterocycles. The Balaban J connectivity index is 1.45. The van der Waals surface area contributed by atoms with Crippen molar-refractivity contribution in [3.8, 4) is 28.4 Å². The zero-order valence-corrected chi connectivity index (χ0v) is 22.5. The van der Waals surface area contributed by atoms with Crippen LogP contribution in [0.5, 0.6) is 11.5 Å². The van der Waals surface area contributed by atoms with Gasteiger partial charge in [-0.3, -0.25) is 4.79 Å². The zero-order chi connectivity index (χ0) is 26.6. The SMILES string of the molecule is CCOc1ccccc1N1CCN(C(=O)c2cc(-c3cccc(OC)c3)nn2-c2ccc(C)cc2C)CC1. The first-order valence-corrected chi connectivity index (χ1v) is 13.1. The number of aryl methyl sites for hydroxylation is 2. The van der Waals surface area contributed by atoms with Crippen LogP contribution in [0.2, 0.25) is 0 Å². The molecule has 7 nitrogen and oxygen atoms in total. The molecule has 0 bridgehead atoms. The molecule has 0 atom stereocenters. The van der Waals surface area contributed by atoms with Gasteiger partial charge in [0.1, 0.15) is 17.2 Å². The Bertz CT molecular complexity index is 1440. The third-order valence-corrected chi connectivity index (χ3v) is 6.95. The van der Waals surface area contributed by atoms with Crippen molar-refractivity contribution in [2.24, 2.45) is 0 Å². The fourth-order valence-corrected chi connectivity index (χ4v) is 4.99. The van der Waals surface area contributed by atoms with Crippen molar-refractivity contribution in [2.45, 2.75) is 20.8 Å². The third kappa shape index (κ3) is 5.09. The fourth-order valence-electron chi connectivity index (χ4n) is 4.99. The average Bonchev–Trinajstić information content (AvgIpc) is 3.38.